The maximum atomic E-state index is 11.0. The van der Waals surface area contributed by atoms with Crippen LogP contribution in [0.3, 0.4) is 0 Å². The van der Waals surface area contributed by atoms with Gasteiger partial charge in [-0.1, -0.05) is 6.07 Å². The number of hydrogen-bond donors (Lipinski definition) is 0. The van der Waals surface area contributed by atoms with Gasteiger partial charge in [-0.3, -0.25) is 0 Å². The second-order valence-corrected chi connectivity index (χ2v) is 4.86. The summed E-state index contributed by atoms with van der Waals surface area (Å²) in [6.45, 7) is 7.03. The van der Waals surface area contributed by atoms with Crippen molar-refractivity contribution in [2.45, 2.75) is 32.6 Å². The van der Waals surface area contributed by atoms with Gasteiger partial charge in [0.05, 0.1) is 4.90 Å². The van der Waals surface area contributed by atoms with Crippen LogP contribution in [0.15, 0.2) is 11.0 Å². The fourth-order valence-electron chi connectivity index (χ4n) is 1.65. The first kappa shape index (κ1) is 15.1. The zero-order chi connectivity index (χ0) is 11.1. The molecule has 15 heavy (non-hydrogen) atoms. The predicted molar refractivity (Wildman–Crippen MR) is 53.4 cm³/mol. The second kappa shape index (κ2) is 4.97. The molecule has 0 N–H and O–H groups in total. The fourth-order valence-corrected chi connectivity index (χ4v) is 2.63. The van der Waals surface area contributed by atoms with E-state index in [1.807, 2.05) is 13.8 Å². The van der Waals surface area contributed by atoms with Gasteiger partial charge in [-0.2, -0.15) is 0 Å². The summed E-state index contributed by atoms with van der Waals surface area (Å²) in [6.07, 6.45) is 0. The number of hydrogen-bond acceptors (Lipinski definition) is 3. The molecule has 0 aliphatic heterocycles. The van der Waals surface area contributed by atoms with Crippen LogP contribution in [0.2, 0.25) is 0 Å². The Morgan fingerprint density at radius 3 is 1.87 bits per heavy atom. The van der Waals surface area contributed by atoms with E-state index in [0.29, 0.717) is 11.1 Å². The molecule has 0 radical (unpaired) electrons. The molecule has 0 saturated heterocycles. The Morgan fingerprint density at radius 2 is 1.47 bits per heavy atom. The molecule has 5 heteroatoms. The van der Waals surface area contributed by atoms with Crippen LogP contribution in [0.5, 0.6) is 0 Å². The molecule has 3 nitrogen and oxygen atoms in total. The molecule has 0 aliphatic rings. The first-order valence-electron chi connectivity index (χ1n) is 4.28. The van der Waals surface area contributed by atoms with E-state index >= 15 is 0 Å². The van der Waals surface area contributed by atoms with Crippen molar-refractivity contribution in [1.82, 2.24) is 0 Å². The topological polar surface area (TPSA) is 57.2 Å². The molecule has 1 rings (SSSR count). The minimum absolute atomic E-state index is 0. The Bertz CT molecular complexity index is 478. The first-order chi connectivity index (χ1) is 6.25. The van der Waals surface area contributed by atoms with Crippen molar-refractivity contribution in [3.63, 3.8) is 0 Å². The Labute approximate surface area is 113 Å². The van der Waals surface area contributed by atoms with Crippen molar-refractivity contribution in [2.75, 3.05) is 0 Å². The van der Waals surface area contributed by atoms with Gasteiger partial charge in [0.2, 0.25) is 0 Å². The van der Waals surface area contributed by atoms with E-state index in [-0.39, 0.29) is 34.5 Å². The van der Waals surface area contributed by atoms with E-state index in [9.17, 15) is 13.0 Å². The summed E-state index contributed by atoms with van der Waals surface area (Å²) in [5.74, 6) is 0. The molecule has 0 bridgehead atoms. The van der Waals surface area contributed by atoms with Gasteiger partial charge in [0, 0.05) is 0 Å². The maximum absolute atomic E-state index is 11.0. The van der Waals surface area contributed by atoms with Crippen LogP contribution in [-0.4, -0.2) is 13.0 Å². The van der Waals surface area contributed by atoms with E-state index in [4.69, 9.17) is 0 Å². The van der Waals surface area contributed by atoms with E-state index in [0.717, 1.165) is 11.1 Å². The van der Waals surface area contributed by atoms with Crippen LogP contribution in [0.4, 0.5) is 0 Å². The molecule has 0 saturated carbocycles. The van der Waals surface area contributed by atoms with Crippen molar-refractivity contribution in [3.05, 3.63) is 28.3 Å². The standard InChI is InChI=1S/C10H14O3S.Na/c1-6-5-7(2)10(14(11,12)13)9(4)8(6)3;/h5H,1-4H3,(H,11,12,13);/q;+1/p-1. The summed E-state index contributed by atoms with van der Waals surface area (Å²) < 4.78 is 32.9. The Kier molecular flexibility index (Phi) is 5.02. The van der Waals surface area contributed by atoms with E-state index < -0.39 is 10.1 Å². The molecule has 0 amide bonds. The van der Waals surface area contributed by atoms with Gasteiger partial charge in [0.15, 0.2) is 0 Å². The average molecular weight is 236 g/mol. The smallest absolute Gasteiger partial charge is 0.744 e. The molecule has 0 heterocycles. The van der Waals surface area contributed by atoms with Gasteiger partial charge in [-0.05, 0) is 49.9 Å². The van der Waals surface area contributed by atoms with Crippen molar-refractivity contribution in [1.29, 1.82) is 0 Å². The molecule has 0 unspecified atom stereocenters. The average Bonchev–Trinajstić information content (AvgIpc) is 1.97. The zero-order valence-electron chi connectivity index (χ0n) is 9.71. The van der Waals surface area contributed by atoms with Crippen molar-refractivity contribution in [3.8, 4) is 0 Å². The van der Waals surface area contributed by atoms with Gasteiger partial charge in [-0.25, -0.2) is 8.42 Å². The predicted octanol–water partition coefficient (Wildman–Crippen LogP) is -1.17. The summed E-state index contributed by atoms with van der Waals surface area (Å²) in [5, 5.41) is 0. The molecular formula is C10H13NaO3S. The Hall–Kier alpha value is 0.130. The minimum Gasteiger partial charge on any atom is -0.744 e. The minimum atomic E-state index is -4.35. The van der Waals surface area contributed by atoms with Crippen LogP contribution in [-0.2, 0) is 10.1 Å². The Morgan fingerprint density at radius 1 is 1.00 bits per heavy atom. The third kappa shape index (κ3) is 3.04. The normalized spacial score (nSPS) is 11.0. The van der Waals surface area contributed by atoms with Gasteiger partial charge < -0.3 is 4.55 Å². The molecule has 78 valence electrons. The molecular weight excluding hydrogens is 223 g/mol. The molecule has 0 spiro atoms. The van der Waals surface area contributed by atoms with Gasteiger partial charge in [0.1, 0.15) is 10.1 Å². The maximum Gasteiger partial charge on any atom is 1.00 e. The van der Waals surface area contributed by atoms with E-state index in [1.165, 1.54) is 0 Å². The monoisotopic (exact) mass is 236 g/mol. The summed E-state index contributed by atoms with van der Waals surface area (Å²) in [7, 11) is -4.35. The van der Waals surface area contributed by atoms with Crippen LogP contribution < -0.4 is 29.6 Å². The van der Waals surface area contributed by atoms with Gasteiger partial charge >= 0.3 is 29.6 Å². The number of rotatable bonds is 1. The van der Waals surface area contributed by atoms with Gasteiger partial charge in [0.25, 0.3) is 0 Å². The number of benzene rings is 1. The summed E-state index contributed by atoms with van der Waals surface area (Å²) in [4.78, 5) is -0.0689. The largest absolute Gasteiger partial charge is 1.00 e. The van der Waals surface area contributed by atoms with Crippen molar-refractivity contribution >= 4 is 10.1 Å². The SMILES string of the molecule is Cc1cc(C)c(S(=O)(=O)[O-])c(C)c1C.[Na+]. The molecule has 0 aliphatic carbocycles. The van der Waals surface area contributed by atoms with E-state index in [1.54, 1.807) is 19.9 Å². The van der Waals surface area contributed by atoms with Crippen LogP contribution in [0.1, 0.15) is 22.3 Å². The molecule has 1 aromatic carbocycles. The Balaban J connectivity index is 0.00000196. The fraction of sp³-hybridized carbons (Fsp3) is 0.400. The van der Waals surface area contributed by atoms with Crippen LogP contribution in [0, 0.1) is 27.7 Å². The molecule has 0 atom stereocenters. The number of aryl methyl sites for hydroxylation is 2. The van der Waals surface area contributed by atoms with Crippen molar-refractivity contribution < 1.29 is 42.5 Å². The quantitative estimate of drug-likeness (QED) is 0.456. The second-order valence-electron chi connectivity index (χ2n) is 3.54. The molecule has 1 aromatic rings. The van der Waals surface area contributed by atoms with Gasteiger partial charge in [-0.15, -0.1) is 0 Å². The summed E-state index contributed by atoms with van der Waals surface area (Å²) in [5.41, 5.74) is 2.97. The third-order valence-electron chi connectivity index (χ3n) is 2.54. The molecule has 0 fully saturated rings. The zero-order valence-corrected chi connectivity index (χ0v) is 12.5. The summed E-state index contributed by atoms with van der Waals surface area (Å²) in [6, 6.07) is 1.73. The first-order valence-corrected chi connectivity index (χ1v) is 5.69. The van der Waals surface area contributed by atoms with Crippen LogP contribution in [0.25, 0.3) is 0 Å². The van der Waals surface area contributed by atoms with Crippen molar-refractivity contribution in [2.24, 2.45) is 0 Å². The van der Waals surface area contributed by atoms with E-state index in [2.05, 4.69) is 0 Å². The summed E-state index contributed by atoms with van der Waals surface area (Å²) >= 11 is 0. The molecule has 0 aromatic heterocycles. The third-order valence-corrected chi connectivity index (χ3v) is 3.66. The van der Waals surface area contributed by atoms with Crippen LogP contribution >= 0.6 is 0 Å².